The minimum Gasteiger partial charge on any atom is -0.483 e. The minimum atomic E-state index is -0.215. The lowest BCUT2D eigenvalue weighted by Crippen LogP contribution is -2.22. The molecule has 0 aliphatic heterocycles. The van der Waals surface area contributed by atoms with E-state index in [-0.39, 0.29) is 18.4 Å². The third kappa shape index (κ3) is 5.92. The van der Waals surface area contributed by atoms with Gasteiger partial charge in [-0.1, -0.05) is 24.3 Å². The zero-order valence-electron chi connectivity index (χ0n) is 15.8. The van der Waals surface area contributed by atoms with Crippen LogP contribution in [0.5, 0.6) is 5.75 Å². The van der Waals surface area contributed by atoms with Gasteiger partial charge in [0.25, 0.3) is 5.91 Å². The smallest absolute Gasteiger partial charge is 0.262 e. The second kappa shape index (κ2) is 9.04. The normalized spacial score (nSPS) is 10.3. The van der Waals surface area contributed by atoms with Crippen LogP contribution in [0, 0.1) is 13.8 Å². The van der Waals surface area contributed by atoms with Crippen molar-refractivity contribution in [1.29, 1.82) is 0 Å². The second-order valence-electron chi connectivity index (χ2n) is 6.59. The van der Waals surface area contributed by atoms with Crippen molar-refractivity contribution in [2.24, 2.45) is 0 Å². The number of nitrogens with zero attached hydrogens (tertiary/aromatic N) is 1. The fourth-order valence-corrected chi connectivity index (χ4v) is 2.48. The fourth-order valence-electron chi connectivity index (χ4n) is 2.48. The Labute approximate surface area is 155 Å². The second-order valence-corrected chi connectivity index (χ2v) is 6.59. The Hall–Kier alpha value is -2.82. The number of nitrogens with one attached hydrogen (secondary N) is 1. The summed E-state index contributed by atoms with van der Waals surface area (Å²) in [4.78, 5) is 25.4. The highest BCUT2D eigenvalue weighted by molar-refractivity contribution is 5.92. The van der Waals surface area contributed by atoms with E-state index < -0.39 is 0 Å². The number of benzene rings is 2. The number of rotatable bonds is 7. The van der Waals surface area contributed by atoms with Gasteiger partial charge in [0.15, 0.2) is 6.61 Å². The molecular weight excluding hydrogens is 328 g/mol. The summed E-state index contributed by atoms with van der Waals surface area (Å²) in [5.74, 6) is 0.588. The monoisotopic (exact) mass is 354 g/mol. The van der Waals surface area contributed by atoms with Crippen LogP contribution in [-0.4, -0.2) is 37.4 Å². The van der Waals surface area contributed by atoms with Crippen LogP contribution in [0.4, 0.5) is 5.69 Å². The van der Waals surface area contributed by atoms with Gasteiger partial charge in [-0.2, -0.15) is 0 Å². The van der Waals surface area contributed by atoms with Crippen molar-refractivity contribution in [3.63, 3.8) is 0 Å². The van der Waals surface area contributed by atoms with Crippen molar-refractivity contribution in [3.8, 4) is 5.75 Å². The van der Waals surface area contributed by atoms with Gasteiger partial charge in [0.05, 0.1) is 0 Å². The molecule has 2 aromatic carbocycles. The predicted octanol–water partition coefficient (Wildman–Crippen LogP) is 3.34. The zero-order valence-corrected chi connectivity index (χ0v) is 15.8. The maximum Gasteiger partial charge on any atom is 0.262 e. The Morgan fingerprint density at radius 3 is 2.58 bits per heavy atom. The third-order valence-electron chi connectivity index (χ3n) is 4.04. The van der Waals surface area contributed by atoms with Gasteiger partial charge < -0.3 is 15.0 Å². The Morgan fingerprint density at radius 2 is 1.85 bits per heavy atom. The molecule has 0 aliphatic carbocycles. The Kier molecular flexibility index (Phi) is 6.78. The summed E-state index contributed by atoms with van der Waals surface area (Å²) in [5, 5.41) is 2.84. The van der Waals surface area contributed by atoms with E-state index in [4.69, 9.17) is 4.74 Å². The number of carbonyl (C=O) groups excluding carboxylic acids is 2. The molecule has 0 fully saturated rings. The average molecular weight is 354 g/mol. The highest BCUT2D eigenvalue weighted by atomic mass is 16.5. The molecule has 0 bridgehead atoms. The summed E-state index contributed by atoms with van der Waals surface area (Å²) in [7, 11) is 3.49. The van der Waals surface area contributed by atoms with Crippen molar-refractivity contribution in [1.82, 2.24) is 4.90 Å². The first-order chi connectivity index (χ1) is 12.3. The molecule has 5 nitrogen and oxygen atoms in total. The molecule has 0 aliphatic rings. The molecule has 0 atom stereocenters. The van der Waals surface area contributed by atoms with Gasteiger partial charge in [-0.15, -0.1) is 0 Å². The SMILES string of the molecule is Cc1ccc(C)c(OCC(=O)Nc2cccc(CCC(=O)N(C)C)c2)c1. The molecule has 5 heteroatoms. The summed E-state index contributed by atoms with van der Waals surface area (Å²) >= 11 is 0. The van der Waals surface area contributed by atoms with Gasteiger partial charge >= 0.3 is 0 Å². The maximum absolute atomic E-state index is 12.2. The fraction of sp³-hybridized carbons (Fsp3) is 0.333. The number of ether oxygens (including phenoxy) is 1. The summed E-state index contributed by atoms with van der Waals surface area (Å²) in [6.07, 6.45) is 1.08. The van der Waals surface area contributed by atoms with Crippen molar-refractivity contribution < 1.29 is 14.3 Å². The number of carbonyl (C=O) groups is 2. The average Bonchev–Trinajstić information content (AvgIpc) is 2.60. The van der Waals surface area contributed by atoms with E-state index in [0.717, 1.165) is 22.4 Å². The molecule has 0 spiro atoms. The topological polar surface area (TPSA) is 58.6 Å². The molecule has 0 unspecified atom stereocenters. The Morgan fingerprint density at radius 1 is 1.08 bits per heavy atom. The van der Waals surface area contributed by atoms with Gasteiger partial charge in [-0.05, 0) is 55.2 Å². The first-order valence-electron chi connectivity index (χ1n) is 8.64. The van der Waals surface area contributed by atoms with Crippen LogP contribution < -0.4 is 10.1 Å². The lowest BCUT2D eigenvalue weighted by atomic mass is 10.1. The molecule has 0 aromatic heterocycles. The number of anilines is 1. The number of hydrogen-bond acceptors (Lipinski definition) is 3. The van der Waals surface area contributed by atoms with E-state index in [2.05, 4.69) is 5.32 Å². The molecule has 0 saturated heterocycles. The molecule has 2 rings (SSSR count). The van der Waals surface area contributed by atoms with Crippen LogP contribution in [0.1, 0.15) is 23.1 Å². The first kappa shape index (κ1) is 19.5. The van der Waals surface area contributed by atoms with Crippen molar-refractivity contribution in [3.05, 3.63) is 59.2 Å². The molecule has 0 radical (unpaired) electrons. The van der Waals surface area contributed by atoms with Crippen LogP contribution in [0.15, 0.2) is 42.5 Å². The zero-order chi connectivity index (χ0) is 19.1. The van der Waals surface area contributed by atoms with Crippen LogP contribution >= 0.6 is 0 Å². The molecule has 0 heterocycles. The Balaban J connectivity index is 1.89. The van der Waals surface area contributed by atoms with Gasteiger partial charge in [-0.3, -0.25) is 9.59 Å². The van der Waals surface area contributed by atoms with Crippen LogP contribution in [-0.2, 0) is 16.0 Å². The van der Waals surface area contributed by atoms with Gasteiger partial charge in [0, 0.05) is 26.2 Å². The van der Waals surface area contributed by atoms with E-state index in [9.17, 15) is 9.59 Å². The van der Waals surface area contributed by atoms with Gasteiger partial charge in [-0.25, -0.2) is 0 Å². The molecule has 138 valence electrons. The van der Waals surface area contributed by atoms with Crippen LogP contribution in [0.25, 0.3) is 0 Å². The van der Waals surface area contributed by atoms with E-state index in [1.54, 1.807) is 19.0 Å². The van der Waals surface area contributed by atoms with Gasteiger partial charge in [0.2, 0.25) is 5.91 Å². The lowest BCUT2D eigenvalue weighted by molar-refractivity contribution is -0.128. The Bertz CT molecular complexity index is 785. The molecule has 26 heavy (non-hydrogen) atoms. The lowest BCUT2D eigenvalue weighted by Gasteiger charge is -2.12. The summed E-state index contributed by atoms with van der Waals surface area (Å²) in [5.41, 5.74) is 3.80. The molecule has 2 amide bonds. The highest BCUT2D eigenvalue weighted by Gasteiger charge is 2.08. The van der Waals surface area contributed by atoms with E-state index in [1.165, 1.54) is 0 Å². The quantitative estimate of drug-likeness (QED) is 0.830. The summed E-state index contributed by atoms with van der Waals surface area (Å²) < 4.78 is 5.62. The van der Waals surface area contributed by atoms with Gasteiger partial charge in [0.1, 0.15) is 5.75 Å². The number of hydrogen-bond donors (Lipinski definition) is 1. The summed E-state index contributed by atoms with van der Waals surface area (Å²) in [6.45, 7) is 3.89. The van der Waals surface area contributed by atoms with E-state index in [1.807, 2.05) is 56.3 Å². The van der Waals surface area contributed by atoms with Crippen molar-refractivity contribution >= 4 is 17.5 Å². The maximum atomic E-state index is 12.2. The van der Waals surface area contributed by atoms with Crippen LogP contribution in [0.2, 0.25) is 0 Å². The molecule has 1 N–H and O–H groups in total. The third-order valence-corrected chi connectivity index (χ3v) is 4.04. The highest BCUT2D eigenvalue weighted by Crippen LogP contribution is 2.19. The number of amides is 2. The standard InChI is InChI=1S/C21H26N2O3/c1-15-8-9-16(2)19(12-15)26-14-20(24)22-18-7-5-6-17(13-18)10-11-21(25)23(3)4/h5-9,12-13H,10-11,14H2,1-4H3,(H,22,24). The number of aryl methyl sites for hydroxylation is 3. The minimum absolute atomic E-state index is 0.0480. The molecular formula is C21H26N2O3. The predicted molar refractivity (Wildman–Crippen MR) is 103 cm³/mol. The molecule has 0 saturated carbocycles. The molecule has 2 aromatic rings. The first-order valence-corrected chi connectivity index (χ1v) is 8.64. The largest absolute Gasteiger partial charge is 0.483 e. The van der Waals surface area contributed by atoms with Crippen molar-refractivity contribution in [2.45, 2.75) is 26.7 Å². The summed E-state index contributed by atoms with van der Waals surface area (Å²) in [6, 6.07) is 13.4. The van der Waals surface area contributed by atoms with E-state index in [0.29, 0.717) is 18.5 Å². The van der Waals surface area contributed by atoms with Crippen LogP contribution in [0.3, 0.4) is 0 Å². The van der Waals surface area contributed by atoms with E-state index >= 15 is 0 Å². The van der Waals surface area contributed by atoms with Crippen molar-refractivity contribution in [2.75, 3.05) is 26.0 Å².